The number of esters is 1. The molecule has 6 nitrogen and oxygen atoms in total. The molecule has 0 saturated heterocycles. The fraction of sp³-hybridized carbons (Fsp3) is 0.333. The van der Waals surface area contributed by atoms with E-state index in [2.05, 4.69) is 29.2 Å². The molecular formula is C24H27Cl2N3O3. The summed E-state index contributed by atoms with van der Waals surface area (Å²) >= 11 is 13.1. The number of aryl methyl sites for hydroxylation is 2. The lowest BCUT2D eigenvalue weighted by Gasteiger charge is -2.18. The minimum absolute atomic E-state index is 0.322. The summed E-state index contributed by atoms with van der Waals surface area (Å²) in [5.74, 6) is 0.285. The normalized spacial score (nSPS) is 11.1. The fourth-order valence-corrected chi connectivity index (χ4v) is 4.10. The second-order valence-electron chi connectivity index (χ2n) is 7.35. The third kappa shape index (κ3) is 5.44. The van der Waals surface area contributed by atoms with Crippen LogP contribution in [0.3, 0.4) is 0 Å². The van der Waals surface area contributed by atoms with Crippen molar-refractivity contribution in [1.29, 1.82) is 0 Å². The molecule has 0 spiro atoms. The first-order chi connectivity index (χ1) is 15.3. The molecule has 0 aliphatic heterocycles. The number of rotatable bonds is 9. The molecule has 0 radical (unpaired) electrons. The van der Waals surface area contributed by atoms with Crippen LogP contribution in [0.25, 0.3) is 11.1 Å². The van der Waals surface area contributed by atoms with Gasteiger partial charge in [0, 0.05) is 12.1 Å². The molecule has 1 heterocycles. The summed E-state index contributed by atoms with van der Waals surface area (Å²) in [4.78, 5) is 14.9. The lowest BCUT2D eigenvalue weighted by molar-refractivity contribution is 0.0467. The highest BCUT2D eigenvalue weighted by Crippen LogP contribution is 2.39. The number of nitrogens with one attached hydrogen (secondary N) is 1. The zero-order valence-corrected chi connectivity index (χ0v) is 20.2. The van der Waals surface area contributed by atoms with E-state index in [9.17, 15) is 4.79 Å². The summed E-state index contributed by atoms with van der Waals surface area (Å²) in [6.07, 6.45) is 0. The molecule has 0 fully saturated rings. The van der Waals surface area contributed by atoms with Crippen LogP contribution in [0.15, 0.2) is 40.9 Å². The van der Waals surface area contributed by atoms with Crippen molar-refractivity contribution in [2.75, 3.05) is 31.6 Å². The van der Waals surface area contributed by atoms with Gasteiger partial charge in [-0.25, -0.2) is 4.79 Å². The maximum absolute atomic E-state index is 12.7. The summed E-state index contributed by atoms with van der Waals surface area (Å²) in [5.41, 5.74) is 3.91. The SMILES string of the molecule is CCN(CC)CCOC(=O)c1ccccc1Nc1c(Cl)cc(-c2c(C)noc2C)cc1Cl. The molecule has 3 rings (SSSR count). The lowest BCUT2D eigenvalue weighted by Crippen LogP contribution is -2.28. The third-order valence-electron chi connectivity index (χ3n) is 5.31. The molecule has 0 atom stereocenters. The monoisotopic (exact) mass is 475 g/mol. The van der Waals surface area contributed by atoms with Gasteiger partial charge in [0.1, 0.15) is 12.4 Å². The van der Waals surface area contributed by atoms with Gasteiger partial charge in [-0.3, -0.25) is 0 Å². The number of anilines is 2. The number of hydrogen-bond acceptors (Lipinski definition) is 6. The van der Waals surface area contributed by atoms with E-state index in [-0.39, 0.29) is 0 Å². The third-order valence-corrected chi connectivity index (χ3v) is 5.90. The molecule has 3 aromatic rings. The summed E-state index contributed by atoms with van der Waals surface area (Å²) in [5, 5.41) is 8.02. The van der Waals surface area contributed by atoms with Crippen LogP contribution in [0.4, 0.5) is 11.4 Å². The Kier molecular flexibility index (Phi) is 8.18. The van der Waals surface area contributed by atoms with Gasteiger partial charge in [0.05, 0.1) is 32.7 Å². The average molecular weight is 476 g/mol. The molecule has 0 unspecified atom stereocenters. The largest absolute Gasteiger partial charge is 0.461 e. The number of aromatic nitrogens is 1. The number of halogens is 2. The Labute approximate surface area is 198 Å². The van der Waals surface area contributed by atoms with Gasteiger partial charge >= 0.3 is 5.97 Å². The average Bonchev–Trinajstić information content (AvgIpc) is 3.11. The van der Waals surface area contributed by atoms with Crippen LogP contribution >= 0.6 is 23.2 Å². The van der Waals surface area contributed by atoms with Crippen molar-refractivity contribution >= 4 is 40.5 Å². The topological polar surface area (TPSA) is 67.6 Å². The van der Waals surface area contributed by atoms with E-state index in [1.807, 2.05) is 19.9 Å². The minimum Gasteiger partial charge on any atom is -0.461 e. The molecule has 0 aliphatic rings. The first kappa shape index (κ1) is 24.1. The van der Waals surface area contributed by atoms with Crippen molar-refractivity contribution in [2.45, 2.75) is 27.7 Å². The number of nitrogens with zero attached hydrogens (tertiary/aromatic N) is 2. The van der Waals surface area contributed by atoms with Gasteiger partial charge < -0.3 is 19.5 Å². The summed E-state index contributed by atoms with van der Waals surface area (Å²) < 4.78 is 10.7. The van der Waals surface area contributed by atoms with Crippen molar-refractivity contribution in [1.82, 2.24) is 10.1 Å². The summed E-state index contributed by atoms with van der Waals surface area (Å²) in [6, 6.07) is 10.7. The molecule has 8 heteroatoms. The summed E-state index contributed by atoms with van der Waals surface area (Å²) in [6.45, 7) is 10.7. The van der Waals surface area contributed by atoms with Crippen LogP contribution in [-0.4, -0.2) is 42.3 Å². The molecule has 170 valence electrons. The van der Waals surface area contributed by atoms with Gasteiger partial charge in [0.15, 0.2) is 0 Å². The van der Waals surface area contributed by atoms with E-state index in [1.165, 1.54) is 0 Å². The first-order valence-electron chi connectivity index (χ1n) is 10.5. The van der Waals surface area contributed by atoms with E-state index in [0.717, 1.165) is 29.9 Å². The van der Waals surface area contributed by atoms with Gasteiger partial charge in [0.2, 0.25) is 0 Å². The smallest absolute Gasteiger partial charge is 0.340 e. The van der Waals surface area contributed by atoms with E-state index in [4.69, 9.17) is 32.5 Å². The number of likely N-dealkylation sites (N-methyl/N-ethyl adjacent to an activating group) is 1. The number of benzene rings is 2. The zero-order valence-electron chi connectivity index (χ0n) is 18.7. The predicted molar refractivity (Wildman–Crippen MR) is 129 cm³/mol. The molecule has 2 aromatic carbocycles. The number of para-hydroxylation sites is 1. The van der Waals surface area contributed by atoms with E-state index < -0.39 is 5.97 Å². The predicted octanol–water partition coefficient (Wildman–Crippen LogP) is 6.51. The standard InChI is InChI=1S/C24H27Cl2N3O3/c1-5-29(6-2)11-12-31-24(30)18-9-7-8-10-21(18)27-23-19(25)13-17(14-20(23)26)22-15(3)28-32-16(22)4/h7-10,13-14,27H,5-6,11-12H2,1-4H3. The Bertz CT molecular complexity index is 1050. The van der Waals surface area contributed by atoms with Crippen LogP contribution in [0.5, 0.6) is 0 Å². The van der Waals surface area contributed by atoms with Gasteiger partial charge in [-0.1, -0.05) is 54.3 Å². The van der Waals surface area contributed by atoms with E-state index >= 15 is 0 Å². The number of hydrogen-bond donors (Lipinski definition) is 1. The maximum Gasteiger partial charge on any atom is 0.340 e. The minimum atomic E-state index is -0.403. The molecule has 32 heavy (non-hydrogen) atoms. The quantitative estimate of drug-likeness (QED) is 0.355. The lowest BCUT2D eigenvalue weighted by atomic mass is 10.0. The Balaban J connectivity index is 1.82. The second kappa shape index (κ2) is 10.9. The fourth-order valence-electron chi connectivity index (χ4n) is 3.52. The van der Waals surface area contributed by atoms with Crippen LogP contribution in [-0.2, 0) is 4.74 Å². The van der Waals surface area contributed by atoms with Crippen molar-refractivity contribution in [3.05, 3.63) is 63.5 Å². The second-order valence-corrected chi connectivity index (χ2v) is 8.16. The number of carbonyl (C=O) groups excluding carboxylic acids is 1. The van der Waals surface area contributed by atoms with Crippen molar-refractivity contribution in [2.24, 2.45) is 0 Å². The highest BCUT2D eigenvalue weighted by Gasteiger charge is 2.18. The Hall–Kier alpha value is -2.54. The van der Waals surface area contributed by atoms with Gasteiger partial charge in [-0.2, -0.15) is 0 Å². The van der Waals surface area contributed by atoms with E-state index in [1.54, 1.807) is 30.3 Å². The van der Waals surface area contributed by atoms with Gasteiger partial charge in [-0.15, -0.1) is 0 Å². The van der Waals surface area contributed by atoms with Crippen molar-refractivity contribution < 1.29 is 14.1 Å². The van der Waals surface area contributed by atoms with Crippen LogP contribution in [0.2, 0.25) is 10.0 Å². The van der Waals surface area contributed by atoms with Crippen LogP contribution in [0, 0.1) is 13.8 Å². The maximum atomic E-state index is 12.7. The molecule has 0 bridgehead atoms. The number of ether oxygens (including phenoxy) is 1. The Morgan fingerprint density at radius 3 is 2.38 bits per heavy atom. The molecule has 0 aliphatic carbocycles. The number of carbonyl (C=O) groups is 1. The van der Waals surface area contributed by atoms with Gasteiger partial charge in [0.25, 0.3) is 0 Å². The molecular weight excluding hydrogens is 449 g/mol. The first-order valence-corrected chi connectivity index (χ1v) is 11.3. The van der Waals surface area contributed by atoms with E-state index in [0.29, 0.717) is 45.9 Å². The van der Waals surface area contributed by atoms with Crippen molar-refractivity contribution in [3.8, 4) is 11.1 Å². The van der Waals surface area contributed by atoms with Crippen molar-refractivity contribution in [3.63, 3.8) is 0 Å². The molecule has 0 saturated carbocycles. The van der Waals surface area contributed by atoms with Crippen LogP contribution in [0.1, 0.15) is 35.7 Å². The van der Waals surface area contributed by atoms with Gasteiger partial charge in [-0.05, 0) is 56.8 Å². The van der Waals surface area contributed by atoms with Crippen LogP contribution < -0.4 is 5.32 Å². The zero-order chi connectivity index (χ0) is 23.3. The highest BCUT2D eigenvalue weighted by molar-refractivity contribution is 6.39. The summed E-state index contributed by atoms with van der Waals surface area (Å²) in [7, 11) is 0. The molecule has 1 aromatic heterocycles. The molecule has 1 N–H and O–H groups in total. The highest BCUT2D eigenvalue weighted by atomic mass is 35.5. The Morgan fingerprint density at radius 2 is 1.78 bits per heavy atom. The molecule has 0 amide bonds. The Morgan fingerprint density at radius 1 is 1.12 bits per heavy atom.